The van der Waals surface area contributed by atoms with Crippen molar-refractivity contribution in [2.24, 2.45) is 0 Å². The summed E-state index contributed by atoms with van der Waals surface area (Å²) >= 11 is 6.53. The van der Waals surface area contributed by atoms with E-state index in [9.17, 15) is 13.2 Å². The van der Waals surface area contributed by atoms with Gasteiger partial charge in [0.25, 0.3) is 16.1 Å². The van der Waals surface area contributed by atoms with Crippen LogP contribution in [0.5, 0.6) is 0 Å². The number of carbonyl (C=O) groups is 1. The van der Waals surface area contributed by atoms with Gasteiger partial charge in [-0.3, -0.25) is 14.6 Å². The molecule has 0 saturated carbocycles. The van der Waals surface area contributed by atoms with Crippen molar-refractivity contribution >= 4 is 39.4 Å². The molecule has 1 aromatic carbocycles. The van der Waals surface area contributed by atoms with Crippen LogP contribution < -0.4 is 20.7 Å². The molecule has 1 atom stereocenters. The van der Waals surface area contributed by atoms with Crippen LogP contribution in [0.1, 0.15) is 47.8 Å². The number of nitrogens with zero attached hydrogens (tertiary/aromatic N) is 7. The lowest BCUT2D eigenvalue weighted by atomic mass is 9.97. The molecule has 0 unspecified atom stereocenters. The average Bonchev–Trinajstić information content (AvgIpc) is 3.00. The Morgan fingerprint density at radius 1 is 1.14 bits per heavy atom. The highest BCUT2D eigenvalue weighted by Gasteiger charge is 2.34. The van der Waals surface area contributed by atoms with Crippen molar-refractivity contribution in [2.45, 2.75) is 44.8 Å². The SMILES string of the molecule is CC[C@H]1CN(c2nc(N)c(C(=O)NCCNS(=O)(=O)N(C)C)nc2Cl)CCN1C1CCN(Cc2ccc(C#N)cc2)CC1. The van der Waals surface area contributed by atoms with Gasteiger partial charge in [-0.1, -0.05) is 30.7 Å². The lowest BCUT2D eigenvalue weighted by Crippen LogP contribution is -2.58. The number of piperidine rings is 1. The molecule has 1 amide bonds. The molecule has 15 heteroatoms. The highest BCUT2D eigenvalue weighted by Crippen LogP contribution is 2.30. The molecule has 0 bridgehead atoms. The van der Waals surface area contributed by atoms with Gasteiger partial charge in [0.05, 0.1) is 11.6 Å². The number of hydrogen-bond acceptors (Lipinski definition) is 10. The highest BCUT2D eigenvalue weighted by atomic mass is 35.5. The normalized spacial score (nSPS) is 19.0. The van der Waals surface area contributed by atoms with Gasteiger partial charge >= 0.3 is 0 Å². The molecule has 0 spiro atoms. The molecule has 2 saturated heterocycles. The van der Waals surface area contributed by atoms with Crippen LogP contribution in [-0.2, 0) is 16.8 Å². The van der Waals surface area contributed by atoms with Crippen LogP contribution in [-0.4, -0.2) is 110 Å². The van der Waals surface area contributed by atoms with E-state index < -0.39 is 16.1 Å². The van der Waals surface area contributed by atoms with Crippen molar-refractivity contribution in [2.75, 3.05) is 70.5 Å². The molecule has 0 aliphatic carbocycles. The molecule has 2 aromatic rings. The summed E-state index contributed by atoms with van der Waals surface area (Å²) in [5.41, 5.74) is 7.96. The Balaban J connectivity index is 1.30. The molecule has 4 rings (SSSR count). The number of nitrogens with one attached hydrogen (secondary N) is 2. The third kappa shape index (κ3) is 8.31. The predicted molar refractivity (Wildman–Crippen MR) is 167 cm³/mol. The van der Waals surface area contributed by atoms with E-state index in [2.05, 4.69) is 47.7 Å². The third-order valence-corrected chi connectivity index (χ3v) is 9.85. The third-order valence-electron chi connectivity index (χ3n) is 8.07. The number of hydrogen-bond donors (Lipinski definition) is 3. The van der Waals surface area contributed by atoms with Gasteiger partial charge in [-0.05, 0) is 50.0 Å². The molecule has 13 nitrogen and oxygen atoms in total. The largest absolute Gasteiger partial charge is 0.382 e. The number of anilines is 2. The van der Waals surface area contributed by atoms with Crippen molar-refractivity contribution in [3.63, 3.8) is 0 Å². The van der Waals surface area contributed by atoms with Crippen LogP contribution in [0, 0.1) is 11.3 Å². The summed E-state index contributed by atoms with van der Waals surface area (Å²) < 4.78 is 27.0. The number of halogens is 1. The van der Waals surface area contributed by atoms with Gasteiger partial charge in [0.2, 0.25) is 0 Å². The Labute approximate surface area is 259 Å². The number of nitrogens with two attached hydrogens (primary N) is 1. The molecule has 4 N–H and O–H groups in total. The maximum atomic E-state index is 12.7. The second kappa shape index (κ2) is 14.6. The lowest BCUT2D eigenvalue weighted by Gasteiger charge is -2.47. The molecule has 1 aromatic heterocycles. The van der Waals surface area contributed by atoms with E-state index in [1.807, 2.05) is 24.3 Å². The van der Waals surface area contributed by atoms with Gasteiger partial charge in [0, 0.05) is 65.4 Å². The van der Waals surface area contributed by atoms with E-state index in [1.165, 1.54) is 19.7 Å². The van der Waals surface area contributed by atoms with E-state index in [0.29, 0.717) is 30.0 Å². The number of carbonyl (C=O) groups excluding carboxylic acids is 1. The first-order valence-corrected chi connectivity index (χ1v) is 16.3. The minimum atomic E-state index is -3.59. The molecular formula is C28H41ClN10O3S. The first-order valence-electron chi connectivity index (χ1n) is 14.5. The zero-order chi connectivity index (χ0) is 31.1. The number of likely N-dealkylation sites (tertiary alicyclic amines) is 1. The molecular weight excluding hydrogens is 592 g/mol. The molecule has 2 fully saturated rings. The highest BCUT2D eigenvalue weighted by molar-refractivity contribution is 7.87. The molecule has 2 aliphatic heterocycles. The number of rotatable bonds is 11. The molecule has 3 heterocycles. The maximum absolute atomic E-state index is 12.7. The van der Waals surface area contributed by atoms with E-state index >= 15 is 0 Å². The van der Waals surface area contributed by atoms with Gasteiger partial charge in [-0.2, -0.15) is 18.0 Å². The van der Waals surface area contributed by atoms with E-state index in [1.54, 1.807) is 0 Å². The van der Waals surface area contributed by atoms with Gasteiger partial charge in [-0.25, -0.2) is 14.7 Å². The summed E-state index contributed by atoms with van der Waals surface area (Å²) in [5.74, 6) is -0.148. The van der Waals surface area contributed by atoms with Crippen molar-refractivity contribution in [1.29, 1.82) is 5.26 Å². The van der Waals surface area contributed by atoms with Crippen molar-refractivity contribution in [1.82, 2.24) is 34.1 Å². The van der Waals surface area contributed by atoms with E-state index in [-0.39, 0.29) is 29.8 Å². The van der Waals surface area contributed by atoms with Gasteiger partial charge in [-0.15, -0.1) is 0 Å². The number of amides is 1. The molecule has 0 radical (unpaired) electrons. The van der Waals surface area contributed by atoms with Crippen LogP contribution >= 0.6 is 11.6 Å². The van der Waals surface area contributed by atoms with Crippen molar-refractivity contribution in [3.8, 4) is 6.07 Å². The minimum Gasteiger partial charge on any atom is -0.382 e. The zero-order valence-electron chi connectivity index (χ0n) is 25.0. The van der Waals surface area contributed by atoms with Crippen molar-refractivity contribution < 1.29 is 13.2 Å². The number of piperazine rings is 1. The zero-order valence-corrected chi connectivity index (χ0v) is 26.5. The topological polar surface area (TPSA) is 164 Å². The fraction of sp³-hybridized carbons (Fsp3) is 0.571. The molecule has 43 heavy (non-hydrogen) atoms. The van der Waals surface area contributed by atoms with Crippen LogP contribution in [0.25, 0.3) is 0 Å². The smallest absolute Gasteiger partial charge is 0.278 e. The standard InChI is InChI=1S/C28H41ClN10O3S/c1-4-22-19-38(15-16-39(22)23-9-13-37(14-10-23)18-21-7-5-20(17-30)6-8-21)27-25(29)34-24(26(31)35-27)28(40)32-11-12-33-43(41,42)36(2)3/h5-8,22-23,33H,4,9-16,18-19H2,1-3H3,(H2,31,35)(H,32,40)/t22-/m0/s1. The summed E-state index contributed by atoms with van der Waals surface area (Å²) in [4.78, 5) is 28.6. The summed E-state index contributed by atoms with van der Waals surface area (Å²) in [7, 11) is -0.768. The van der Waals surface area contributed by atoms with E-state index in [0.717, 1.165) is 56.3 Å². The Kier molecular flexibility index (Phi) is 11.2. The van der Waals surface area contributed by atoms with Gasteiger partial charge in [0.15, 0.2) is 22.5 Å². The number of nitrogen functional groups attached to an aromatic ring is 1. The molecule has 234 valence electrons. The maximum Gasteiger partial charge on any atom is 0.278 e. The Hall–Kier alpha value is -3.06. The van der Waals surface area contributed by atoms with Gasteiger partial charge < -0.3 is 16.0 Å². The van der Waals surface area contributed by atoms with Crippen molar-refractivity contribution in [3.05, 3.63) is 46.2 Å². The van der Waals surface area contributed by atoms with Crippen LogP contribution in [0.4, 0.5) is 11.6 Å². The number of benzene rings is 1. The van der Waals surface area contributed by atoms with Crippen LogP contribution in [0.2, 0.25) is 5.15 Å². The Morgan fingerprint density at radius 3 is 2.47 bits per heavy atom. The quantitative estimate of drug-likeness (QED) is 0.307. The lowest BCUT2D eigenvalue weighted by molar-refractivity contribution is 0.0610. The Morgan fingerprint density at radius 2 is 1.84 bits per heavy atom. The fourth-order valence-corrected chi connectivity index (χ4v) is 6.48. The second-order valence-corrected chi connectivity index (χ2v) is 13.4. The summed E-state index contributed by atoms with van der Waals surface area (Å²) in [6.45, 7) is 7.49. The second-order valence-electron chi connectivity index (χ2n) is 11.1. The fourth-order valence-electron chi connectivity index (χ4n) is 5.61. The molecule has 2 aliphatic rings. The monoisotopic (exact) mass is 632 g/mol. The average molecular weight is 633 g/mol. The van der Waals surface area contributed by atoms with Crippen LogP contribution in [0.15, 0.2) is 24.3 Å². The first kappa shape index (κ1) is 32.8. The first-order chi connectivity index (χ1) is 20.5. The summed E-state index contributed by atoms with van der Waals surface area (Å²) in [6.07, 6.45) is 3.17. The Bertz CT molecular complexity index is 1410. The summed E-state index contributed by atoms with van der Waals surface area (Å²) in [5, 5.41) is 11.7. The van der Waals surface area contributed by atoms with Gasteiger partial charge in [0.1, 0.15) is 0 Å². The minimum absolute atomic E-state index is 0.00421. The van der Waals surface area contributed by atoms with Crippen LogP contribution in [0.3, 0.4) is 0 Å². The number of nitriles is 1. The number of aromatic nitrogens is 2. The predicted octanol–water partition coefficient (Wildman–Crippen LogP) is 1.27. The summed E-state index contributed by atoms with van der Waals surface area (Å²) in [6, 6.07) is 10.8. The van der Waals surface area contributed by atoms with E-state index in [4.69, 9.17) is 22.6 Å².